The topological polar surface area (TPSA) is 77.8 Å². The quantitative estimate of drug-likeness (QED) is 0.437. The highest BCUT2D eigenvalue weighted by Crippen LogP contribution is 2.39. The highest BCUT2D eigenvalue weighted by Gasteiger charge is 2.45. The molecule has 1 aliphatic heterocycles. The summed E-state index contributed by atoms with van der Waals surface area (Å²) in [6.07, 6.45) is 0. The van der Waals surface area contributed by atoms with Crippen LogP contribution in [0.5, 0.6) is 0 Å². The number of hydrogen-bond acceptors (Lipinski definition) is 4. The lowest BCUT2D eigenvalue weighted by Gasteiger charge is -2.24. The summed E-state index contributed by atoms with van der Waals surface area (Å²) in [5, 5.41) is 20.6. The molecule has 1 amide bonds. The van der Waals surface area contributed by atoms with E-state index < -0.39 is 17.7 Å². The molecule has 2 aromatic rings. The molecule has 0 spiro atoms. The van der Waals surface area contributed by atoms with Crippen molar-refractivity contribution in [1.82, 2.24) is 4.90 Å². The van der Waals surface area contributed by atoms with Gasteiger partial charge in [-0.1, -0.05) is 39.7 Å². The van der Waals surface area contributed by atoms with Gasteiger partial charge in [0.25, 0.3) is 11.7 Å². The number of carbonyl (C=O) groups is 2. The van der Waals surface area contributed by atoms with E-state index in [4.69, 9.17) is 11.6 Å². The fourth-order valence-corrected chi connectivity index (χ4v) is 3.55. The maximum atomic E-state index is 12.6. The third-order valence-corrected chi connectivity index (χ3v) is 4.91. The highest BCUT2D eigenvalue weighted by molar-refractivity contribution is 9.10. The Kier molecular flexibility index (Phi) is 5.46. The van der Waals surface area contributed by atoms with E-state index in [2.05, 4.69) is 15.9 Å². The summed E-state index contributed by atoms with van der Waals surface area (Å²) < 4.78 is 0.774. The van der Waals surface area contributed by atoms with Crippen molar-refractivity contribution in [2.45, 2.75) is 6.04 Å². The summed E-state index contributed by atoms with van der Waals surface area (Å²) in [5.74, 6) is -1.80. The molecule has 26 heavy (non-hydrogen) atoms. The van der Waals surface area contributed by atoms with E-state index >= 15 is 0 Å². The zero-order chi connectivity index (χ0) is 18.8. The first-order valence-corrected chi connectivity index (χ1v) is 9.02. The van der Waals surface area contributed by atoms with Gasteiger partial charge in [-0.05, 0) is 42.0 Å². The summed E-state index contributed by atoms with van der Waals surface area (Å²) in [6, 6.07) is 12.7. The first-order chi connectivity index (χ1) is 12.4. The van der Waals surface area contributed by atoms with Crippen LogP contribution in [0.2, 0.25) is 5.02 Å². The van der Waals surface area contributed by atoms with Crippen LogP contribution in [0.15, 0.2) is 58.6 Å². The van der Waals surface area contributed by atoms with E-state index in [0.29, 0.717) is 16.1 Å². The molecule has 0 aromatic heterocycles. The van der Waals surface area contributed by atoms with Gasteiger partial charge in [0.15, 0.2) is 0 Å². The van der Waals surface area contributed by atoms with E-state index in [9.17, 15) is 19.8 Å². The maximum Gasteiger partial charge on any atom is 0.295 e. The van der Waals surface area contributed by atoms with Gasteiger partial charge in [-0.15, -0.1) is 0 Å². The van der Waals surface area contributed by atoms with Gasteiger partial charge < -0.3 is 15.1 Å². The lowest BCUT2D eigenvalue weighted by atomic mass is 9.95. The minimum Gasteiger partial charge on any atom is -0.507 e. The molecule has 0 saturated carbocycles. The molecule has 5 nitrogen and oxygen atoms in total. The van der Waals surface area contributed by atoms with Crippen LogP contribution in [0.3, 0.4) is 0 Å². The van der Waals surface area contributed by atoms with Gasteiger partial charge >= 0.3 is 0 Å². The van der Waals surface area contributed by atoms with Crippen molar-refractivity contribution in [2.75, 3.05) is 13.2 Å². The van der Waals surface area contributed by atoms with Crippen LogP contribution in [0.25, 0.3) is 5.76 Å². The van der Waals surface area contributed by atoms with Gasteiger partial charge in [0.05, 0.1) is 18.2 Å². The Morgan fingerprint density at radius 1 is 1.15 bits per heavy atom. The Hall–Kier alpha value is -2.15. The number of aliphatic hydroxyl groups is 2. The molecule has 1 aliphatic rings. The predicted molar refractivity (Wildman–Crippen MR) is 102 cm³/mol. The third kappa shape index (κ3) is 3.40. The van der Waals surface area contributed by atoms with E-state index in [-0.39, 0.29) is 24.5 Å². The second kappa shape index (κ2) is 7.61. The SMILES string of the molecule is O=C1C(=O)N(CCO)C(c2cccc(Br)c2)/C1=C(/O)c1ccc(Cl)cc1. The van der Waals surface area contributed by atoms with Gasteiger partial charge in [0.1, 0.15) is 5.76 Å². The summed E-state index contributed by atoms with van der Waals surface area (Å²) in [7, 11) is 0. The number of ketones is 1. The van der Waals surface area contributed by atoms with E-state index in [0.717, 1.165) is 4.47 Å². The van der Waals surface area contributed by atoms with Crippen molar-refractivity contribution in [3.05, 3.63) is 74.7 Å². The number of hydrogen-bond donors (Lipinski definition) is 2. The van der Waals surface area contributed by atoms with E-state index in [1.165, 1.54) is 4.90 Å². The fourth-order valence-electron chi connectivity index (χ4n) is 3.00. The number of halogens is 2. The second-order valence-corrected chi connectivity index (χ2v) is 7.13. The molecule has 0 bridgehead atoms. The van der Waals surface area contributed by atoms with Crippen molar-refractivity contribution in [1.29, 1.82) is 0 Å². The second-order valence-electron chi connectivity index (χ2n) is 5.78. The average molecular weight is 437 g/mol. The third-order valence-electron chi connectivity index (χ3n) is 4.16. The lowest BCUT2D eigenvalue weighted by molar-refractivity contribution is -0.140. The minimum atomic E-state index is -0.782. The molecule has 7 heteroatoms. The number of carbonyl (C=O) groups excluding carboxylic acids is 2. The van der Waals surface area contributed by atoms with Crippen molar-refractivity contribution in [3.63, 3.8) is 0 Å². The molecule has 2 aromatic carbocycles. The summed E-state index contributed by atoms with van der Waals surface area (Å²) in [4.78, 5) is 26.3. The van der Waals surface area contributed by atoms with Gasteiger partial charge in [-0.25, -0.2) is 0 Å². The van der Waals surface area contributed by atoms with Gasteiger partial charge in [-0.3, -0.25) is 9.59 Å². The Morgan fingerprint density at radius 3 is 2.46 bits per heavy atom. The van der Waals surface area contributed by atoms with Crippen LogP contribution in [-0.2, 0) is 9.59 Å². The average Bonchev–Trinajstić information content (AvgIpc) is 2.87. The molecule has 1 atom stereocenters. The minimum absolute atomic E-state index is 0.0103. The van der Waals surface area contributed by atoms with Crippen LogP contribution in [0.1, 0.15) is 17.2 Å². The number of likely N-dealkylation sites (tertiary alicyclic amines) is 1. The highest BCUT2D eigenvalue weighted by atomic mass is 79.9. The Morgan fingerprint density at radius 2 is 1.85 bits per heavy atom. The lowest BCUT2D eigenvalue weighted by Crippen LogP contribution is -2.32. The molecule has 3 rings (SSSR count). The van der Waals surface area contributed by atoms with Gasteiger partial charge in [-0.2, -0.15) is 0 Å². The normalized spacial score (nSPS) is 19.2. The molecular weight excluding hydrogens is 422 g/mol. The molecule has 2 N–H and O–H groups in total. The van der Waals surface area contributed by atoms with Crippen LogP contribution in [-0.4, -0.2) is 40.0 Å². The largest absolute Gasteiger partial charge is 0.507 e. The summed E-state index contributed by atoms with van der Waals surface area (Å²) >= 11 is 9.25. The fraction of sp³-hybridized carbons (Fsp3) is 0.158. The monoisotopic (exact) mass is 435 g/mol. The van der Waals surface area contributed by atoms with Crippen molar-refractivity contribution < 1.29 is 19.8 Å². The molecule has 1 heterocycles. The van der Waals surface area contributed by atoms with E-state index in [1.807, 2.05) is 6.07 Å². The van der Waals surface area contributed by atoms with Gasteiger partial charge in [0, 0.05) is 21.6 Å². The molecule has 134 valence electrons. The zero-order valence-electron chi connectivity index (χ0n) is 13.5. The van der Waals surface area contributed by atoms with Crippen LogP contribution >= 0.6 is 27.5 Å². The number of Topliss-reactive ketones (excluding diaryl/α,β-unsaturated/α-hetero) is 1. The van der Waals surface area contributed by atoms with Crippen LogP contribution in [0.4, 0.5) is 0 Å². The number of benzene rings is 2. The first-order valence-electron chi connectivity index (χ1n) is 7.84. The Labute approximate surface area is 163 Å². The molecule has 0 radical (unpaired) electrons. The Balaban J connectivity index is 2.19. The summed E-state index contributed by atoms with van der Waals surface area (Å²) in [5.41, 5.74) is 1.03. The van der Waals surface area contributed by atoms with Crippen molar-refractivity contribution in [2.24, 2.45) is 0 Å². The number of β-amino-alcohol motifs (C(OH)–C–C–N with tert-alkyl or cyclic N) is 1. The van der Waals surface area contributed by atoms with Crippen molar-refractivity contribution >= 4 is 45.0 Å². The molecule has 0 aliphatic carbocycles. The predicted octanol–water partition coefficient (Wildman–Crippen LogP) is 3.52. The summed E-state index contributed by atoms with van der Waals surface area (Å²) in [6.45, 7) is -0.308. The van der Waals surface area contributed by atoms with Crippen molar-refractivity contribution in [3.8, 4) is 0 Å². The molecular formula is C19H15BrClNO4. The number of nitrogens with zero attached hydrogens (tertiary/aromatic N) is 1. The molecule has 1 unspecified atom stereocenters. The smallest absolute Gasteiger partial charge is 0.295 e. The van der Waals surface area contributed by atoms with E-state index in [1.54, 1.807) is 42.5 Å². The number of amides is 1. The molecule has 1 fully saturated rings. The number of aliphatic hydroxyl groups excluding tert-OH is 2. The van der Waals surface area contributed by atoms with Crippen LogP contribution < -0.4 is 0 Å². The standard InChI is InChI=1S/C19H15BrClNO4/c20-13-3-1-2-12(10-13)16-15(18(25)19(26)22(16)8-9-23)17(24)11-4-6-14(21)7-5-11/h1-7,10,16,23-24H,8-9H2/b17-15-. The first kappa shape index (κ1) is 18.6. The Bertz CT molecular complexity index is 895. The molecule has 1 saturated heterocycles. The van der Waals surface area contributed by atoms with Gasteiger partial charge in [0.2, 0.25) is 0 Å². The van der Waals surface area contributed by atoms with Crippen LogP contribution in [0, 0.1) is 0 Å². The maximum absolute atomic E-state index is 12.6. The zero-order valence-corrected chi connectivity index (χ0v) is 15.9. The number of rotatable bonds is 4.